The van der Waals surface area contributed by atoms with Crippen molar-refractivity contribution in [3.8, 4) is 0 Å². The molecule has 1 nitrogen and oxygen atoms in total. The number of hydrogen-bond donors (Lipinski definition) is 1. The van der Waals surface area contributed by atoms with Gasteiger partial charge in [0, 0.05) is 17.6 Å². The first-order valence-electron chi connectivity index (χ1n) is 6.27. The standard InChI is InChI=1S/C14H20ClNS/c1-17-9-8-12(10-16-14-6-7-14)11-2-4-13(15)5-3-11/h2-5,12,14,16H,6-10H2,1H3. The molecule has 0 bridgehead atoms. The molecule has 0 heterocycles. The molecular weight excluding hydrogens is 250 g/mol. The first-order valence-corrected chi connectivity index (χ1v) is 8.04. The molecule has 0 aromatic heterocycles. The maximum absolute atomic E-state index is 5.94. The van der Waals surface area contributed by atoms with Gasteiger partial charge < -0.3 is 5.32 Å². The van der Waals surface area contributed by atoms with Gasteiger partial charge in [0.2, 0.25) is 0 Å². The van der Waals surface area contributed by atoms with E-state index in [-0.39, 0.29) is 0 Å². The molecule has 17 heavy (non-hydrogen) atoms. The van der Waals surface area contributed by atoms with Crippen molar-refractivity contribution in [3.63, 3.8) is 0 Å². The number of thioether (sulfide) groups is 1. The van der Waals surface area contributed by atoms with Crippen LogP contribution in [0.3, 0.4) is 0 Å². The Morgan fingerprint density at radius 3 is 2.65 bits per heavy atom. The van der Waals surface area contributed by atoms with Crippen LogP contribution in [0.25, 0.3) is 0 Å². The van der Waals surface area contributed by atoms with E-state index in [2.05, 4.69) is 23.7 Å². The smallest absolute Gasteiger partial charge is 0.0406 e. The molecule has 1 fully saturated rings. The number of benzene rings is 1. The molecule has 3 heteroatoms. The van der Waals surface area contributed by atoms with Crippen LogP contribution in [0.1, 0.15) is 30.7 Å². The van der Waals surface area contributed by atoms with E-state index in [4.69, 9.17) is 11.6 Å². The van der Waals surface area contributed by atoms with Crippen LogP contribution in [-0.4, -0.2) is 24.6 Å². The van der Waals surface area contributed by atoms with E-state index in [1.54, 1.807) is 0 Å². The SMILES string of the molecule is CSCCC(CNC1CC1)c1ccc(Cl)cc1. The average molecular weight is 270 g/mol. The highest BCUT2D eigenvalue weighted by atomic mass is 35.5. The lowest BCUT2D eigenvalue weighted by Crippen LogP contribution is -2.24. The van der Waals surface area contributed by atoms with E-state index >= 15 is 0 Å². The van der Waals surface area contributed by atoms with Crippen molar-refractivity contribution >= 4 is 23.4 Å². The Bertz CT molecular complexity index is 335. The molecule has 0 amide bonds. The van der Waals surface area contributed by atoms with Gasteiger partial charge in [-0.25, -0.2) is 0 Å². The maximum atomic E-state index is 5.94. The lowest BCUT2D eigenvalue weighted by molar-refractivity contribution is 0.570. The second kappa shape index (κ2) is 6.67. The Labute approximate surface area is 113 Å². The zero-order valence-electron chi connectivity index (χ0n) is 10.3. The molecule has 1 aliphatic rings. The Morgan fingerprint density at radius 2 is 2.06 bits per heavy atom. The fourth-order valence-electron chi connectivity index (χ4n) is 1.98. The molecule has 0 aliphatic heterocycles. The predicted molar refractivity (Wildman–Crippen MR) is 78.2 cm³/mol. The van der Waals surface area contributed by atoms with E-state index in [1.165, 1.54) is 30.6 Å². The van der Waals surface area contributed by atoms with E-state index in [0.29, 0.717) is 5.92 Å². The fourth-order valence-corrected chi connectivity index (χ4v) is 2.62. The van der Waals surface area contributed by atoms with Gasteiger partial charge >= 0.3 is 0 Å². The van der Waals surface area contributed by atoms with Crippen molar-refractivity contribution in [2.24, 2.45) is 0 Å². The van der Waals surface area contributed by atoms with Crippen LogP contribution in [-0.2, 0) is 0 Å². The first kappa shape index (κ1) is 13.3. The molecule has 2 rings (SSSR count). The van der Waals surface area contributed by atoms with Crippen molar-refractivity contribution in [1.82, 2.24) is 5.32 Å². The Morgan fingerprint density at radius 1 is 1.35 bits per heavy atom. The highest BCUT2D eigenvalue weighted by Gasteiger charge is 2.22. The zero-order valence-corrected chi connectivity index (χ0v) is 11.9. The fraction of sp³-hybridized carbons (Fsp3) is 0.571. The summed E-state index contributed by atoms with van der Waals surface area (Å²) in [5, 5.41) is 4.46. The summed E-state index contributed by atoms with van der Waals surface area (Å²) in [5.74, 6) is 1.85. The van der Waals surface area contributed by atoms with Gasteiger partial charge in [0.1, 0.15) is 0 Å². The van der Waals surface area contributed by atoms with E-state index in [0.717, 1.165) is 17.6 Å². The molecule has 1 aromatic carbocycles. The number of nitrogens with one attached hydrogen (secondary N) is 1. The van der Waals surface area contributed by atoms with Gasteiger partial charge in [-0.3, -0.25) is 0 Å². The van der Waals surface area contributed by atoms with Crippen LogP contribution in [0.4, 0.5) is 0 Å². The van der Waals surface area contributed by atoms with E-state index in [9.17, 15) is 0 Å². The minimum absolute atomic E-state index is 0.625. The average Bonchev–Trinajstić information content (AvgIpc) is 3.15. The molecule has 0 radical (unpaired) electrons. The summed E-state index contributed by atoms with van der Waals surface area (Å²) >= 11 is 7.86. The quantitative estimate of drug-likeness (QED) is 0.805. The third kappa shape index (κ3) is 4.53. The van der Waals surface area contributed by atoms with Gasteiger partial charge in [-0.15, -0.1) is 0 Å². The summed E-state index contributed by atoms with van der Waals surface area (Å²) < 4.78 is 0. The lowest BCUT2D eigenvalue weighted by Gasteiger charge is -2.17. The molecule has 1 atom stereocenters. The van der Waals surface area contributed by atoms with Crippen LogP contribution in [0.2, 0.25) is 5.02 Å². The molecule has 94 valence electrons. The topological polar surface area (TPSA) is 12.0 Å². The number of hydrogen-bond acceptors (Lipinski definition) is 2. The van der Waals surface area contributed by atoms with Crippen LogP contribution in [0.15, 0.2) is 24.3 Å². The molecule has 0 saturated heterocycles. The summed E-state index contributed by atoms with van der Waals surface area (Å²) in [7, 11) is 0. The molecule has 0 spiro atoms. The zero-order chi connectivity index (χ0) is 12.1. The summed E-state index contributed by atoms with van der Waals surface area (Å²) in [5.41, 5.74) is 1.41. The predicted octanol–water partition coefficient (Wildman–Crippen LogP) is 3.93. The van der Waals surface area contributed by atoms with Crippen LogP contribution in [0, 0.1) is 0 Å². The minimum Gasteiger partial charge on any atom is -0.313 e. The minimum atomic E-state index is 0.625. The monoisotopic (exact) mass is 269 g/mol. The van der Waals surface area contributed by atoms with Gasteiger partial charge in [-0.1, -0.05) is 23.7 Å². The summed E-state index contributed by atoms with van der Waals surface area (Å²) in [6.45, 7) is 1.10. The molecule has 1 saturated carbocycles. The third-order valence-electron chi connectivity index (χ3n) is 3.24. The molecular formula is C14H20ClNS. The Hall–Kier alpha value is -0.180. The summed E-state index contributed by atoms with van der Waals surface area (Å²) in [6, 6.07) is 9.13. The van der Waals surface area contributed by atoms with Crippen LogP contribution < -0.4 is 5.32 Å². The van der Waals surface area contributed by atoms with Gasteiger partial charge in [0.05, 0.1) is 0 Å². The van der Waals surface area contributed by atoms with Crippen molar-refractivity contribution in [3.05, 3.63) is 34.9 Å². The summed E-state index contributed by atoms with van der Waals surface area (Å²) in [6.07, 6.45) is 6.13. The van der Waals surface area contributed by atoms with E-state index < -0.39 is 0 Å². The van der Waals surface area contributed by atoms with Crippen molar-refractivity contribution < 1.29 is 0 Å². The van der Waals surface area contributed by atoms with Crippen molar-refractivity contribution in [1.29, 1.82) is 0 Å². The molecule has 1 aliphatic carbocycles. The van der Waals surface area contributed by atoms with Crippen LogP contribution >= 0.6 is 23.4 Å². The normalized spacial score (nSPS) is 17.1. The molecule has 1 unspecified atom stereocenters. The summed E-state index contributed by atoms with van der Waals surface area (Å²) in [4.78, 5) is 0. The number of halogens is 1. The maximum Gasteiger partial charge on any atom is 0.0406 e. The van der Waals surface area contributed by atoms with E-state index in [1.807, 2.05) is 23.9 Å². The molecule has 1 N–H and O–H groups in total. The van der Waals surface area contributed by atoms with Gasteiger partial charge in [0.15, 0.2) is 0 Å². The van der Waals surface area contributed by atoms with Crippen LogP contribution in [0.5, 0.6) is 0 Å². The van der Waals surface area contributed by atoms with Gasteiger partial charge in [-0.2, -0.15) is 11.8 Å². The van der Waals surface area contributed by atoms with Crippen molar-refractivity contribution in [2.45, 2.75) is 31.2 Å². The Balaban J connectivity index is 1.93. The molecule has 1 aromatic rings. The second-order valence-corrected chi connectivity index (χ2v) is 6.13. The van der Waals surface area contributed by atoms with Crippen molar-refractivity contribution in [2.75, 3.05) is 18.6 Å². The third-order valence-corrected chi connectivity index (χ3v) is 4.14. The number of rotatable bonds is 7. The highest BCUT2D eigenvalue weighted by Crippen LogP contribution is 2.25. The van der Waals surface area contributed by atoms with Gasteiger partial charge in [-0.05, 0) is 54.9 Å². The van der Waals surface area contributed by atoms with Gasteiger partial charge in [0.25, 0.3) is 0 Å². The lowest BCUT2D eigenvalue weighted by atomic mass is 9.96. The Kier molecular flexibility index (Phi) is 5.20. The largest absolute Gasteiger partial charge is 0.313 e. The first-order chi connectivity index (χ1) is 8.29. The highest BCUT2D eigenvalue weighted by molar-refractivity contribution is 7.98. The second-order valence-electron chi connectivity index (χ2n) is 4.71.